The van der Waals surface area contributed by atoms with Gasteiger partial charge in [0, 0.05) is 34.7 Å². The van der Waals surface area contributed by atoms with Gasteiger partial charge in [0.25, 0.3) is 5.91 Å². The number of fused-ring (bicyclic) bond motifs is 2. The molecular formula is C23H19ClN4O2. The molecule has 0 N–H and O–H groups in total. The highest BCUT2D eigenvalue weighted by Gasteiger charge is 2.28. The van der Waals surface area contributed by atoms with Crippen molar-refractivity contribution < 1.29 is 9.32 Å². The van der Waals surface area contributed by atoms with Crippen LogP contribution in [-0.4, -0.2) is 32.5 Å². The van der Waals surface area contributed by atoms with Gasteiger partial charge in [0.05, 0.1) is 34.7 Å². The molecular weight excluding hydrogens is 400 g/mol. The lowest BCUT2D eigenvalue weighted by atomic mass is 10.0. The largest absolute Gasteiger partial charge is 0.356 e. The number of aryl methyl sites for hydroxylation is 2. The van der Waals surface area contributed by atoms with Gasteiger partial charge in [-0.25, -0.2) is 9.97 Å². The number of benzene rings is 2. The fraction of sp³-hybridized carbons (Fsp3) is 0.217. The summed E-state index contributed by atoms with van der Waals surface area (Å²) in [6.45, 7) is 4.90. The summed E-state index contributed by atoms with van der Waals surface area (Å²) in [6.07, 6.45) is 0.657. The second kappa shape index (κ2) is 7.22. The summed E-state index contributed by atoms with van der Waals surface area (Å²) in [4.78, 5) is 24.2. The van der Waals surface area contributed by atoms with Gasteiger partial charge in [-0.1, -0.05) is 16.8 Å². The molecule has 0 spiro atoms. The molecule has 7 heteroatoms. The molecule has 3 heterocycles. The zero-order valence-corrected chi connectivity index (χ0v) is 17.4. The standard InChI is InChI=1S/C23H19ClN4O2/c1-13-14(2)26-21-11-16(5-8-20(21)25-13)23(29)28-10-9-19-18(12-28)22(30-27-19)15-3-6-17(24)7-4-15/h3-8,11H,9-10,12H2,1-2H3. The first kappa shape index (κ1) is 18.8. The average Bonchev–Trinajstić information content (AvgIpc) is 3.17. The average molecular weight is 419 g/mol. The normalized spacial score (nSPS) is 13.5. The third kappa shape index (κ3) is 3.23. The van der Waals surface area contributed by atoms with E-state index in [9.17, 15) is 4.79 Å². The second-order valence-corrected chi connectivity index (χ2v) is 7.95. The van der Waals surface area contributed by atoms with Gasteiger partial charge in [-0.15, -0.1) is 0 Å². The maximum atomic E-state index is 13.2. The lowest BCUT2D eigenvalue weighted by Crippen LogP contribution is -2.35. The van der Waals surface area contributed by atoms with Crippen molar-refractivity contribution >= 4 is 28.5 Å². The van der Waals surface area contributed by atoms with Gasteiger partial charge in [0.15, 0.2) is 5.76 Å². The highest BCUT2D eigenvalue weighted by Crippen LogP contribution is 2.31. The first-order valence-electron chi connectivity index (χ1n) is 9.77. The van der Waals surface area contributed by atoms with Crippen molar-refractivity contribution in [3.63, 3.8) is 0 Å². The van der Waals surface area contributed by atoms with Gasteiger partial charge in [0.2, 0.25) is 0 Å². The van der Waals surface area contributed by atoms with Crippen LogP contribution in [0.15, 0.2) is 47.0 Å². The molecule has 0 unspecified atom stereocenters. The van der Waals surface area contributed by atoms with E-state index in [0.29, 0.717) is 35.9 Å². The Morgan fingerprint density at radius 3 is 2.53 bits per heavy atom. The number of rotatable bonds is 2. The number of carbonyl (C=O) groups excluding carboxylic acids is 1. The first-order valence-corrected chi connectivity index (χ1v) is 10.1. The van der Waals surface area contributed by atoms with E-state index in [1.807, 2.05) is 61.2 Å². The summed E-state index contributed by atoms with van der Waals surface area (Å²) in [7, 11) is 0. The SMILES string of the molecule is Cc1nc2ccc(C(=O)N3CCc4noc(-c5ccc(Cl)cc5)c4C3)cc2nc1C. The van der Waals surface area contributed by atoms with Crippen LogP contribution in [-0.2, 0) is 13.0 Å². The first-order chi connectivity index (χ1) is 14.5. The van der Waals surface area contributed by atoms with E-state index >= 15 is 0 Å². The molecule has 5 rings (SSSR count). The van der Waals surface area contributed by atoms with Crippen molar-refractivity contribution in [3.8, 4) is 11.3 Å². The van der Waals surface area contributed by atoms with Gasteiger partial charge < -0.3 is 9.42 Å². The molecule has 0 fully saturated rings. The highest BCUT2D eigenvalue weighted by atomic mass is 35.5. The fourth-order valence-corrected chi connectivity index (χ4v) is 3.89. The summed E-state index contributed by atoms with van der Waals surface area (Å²) in [5, 5.41) is 4.88. The van der Waals surface area contributed by atoms with Crippen molar-refractivity contribution in [2.24, 2.45) is 0 Å². The van der Waals surface area contributed by atoms with Crippen molar-refractivity contribution in [1.82, 2.24) is 20.0 Å². The molecule has 30 heavy (non-hydrogen) atoms. The zero-order valence-electron chi connectivity index (χ0n) is 16.6. The molecule has 1 aliphatic rings. The quantitative estimate of drug-likeness (QED) is 0.469. The third-order valence-electron chi connectivity index (χ3n) is 5.55. The molecule has 0 saturated carbocycles. The topological polar surface area (TPSA) is 72.1 Å². The molecule has 2 aromatic heterocycles. The number of carbonyl (C=O) groups is 1. The van der Waals surface area contributed by atoms with Crippen molar-refractivity contribution in [1.29, 1.82) is 0 Å². The maximum absolute atomic E-state index is 13.2. The van der Waals surface area contributed by atoms with Crippen LogP contribution in [0.25, 0.3) is 22.4 Å². The van der Waals surface area contributed by atoms with Gasteiger partial charge in [-0.2, -0.15) is 0 Å². The smallest absolute Gasteiger partial charge is 0.254 e. The Kier molecular flexibility index (Phi) is 4.51. The van der Waals surface area contributed by atoms with Crippen LogP contribution in [0.5, 0.6) is 0 Å². The Bertz CT molecular complexity index is 1280. The Balaban J connectivity index is 1.45. The second-order valence-electron chi connectivity index (χ2n) is 7.52. The molecule has 1 amide bonds. The predicted octanol–water partition coefficient (Wildman–Crippen LogP) is 4.75. The molecule has 0 aliphatic carbocycles. The van der Waals surface area contributed by atoms with E-state index in [2.05, 4.69) is 15.1 Å². The molecule has 150 valence electrons. The van der Waals surface area contributed by atoms with Crippen LogP contribution in [0.3, 0.4) is 0 Å². The molecule has 0 atom stereocenters. The third-order valence-corrected chi connectivity index (χ3v) is 5.80. The van der Waals surface area contributed by atoms with E-state index in [0.717, 1.165) is 39.2 Å². The summed E-state index contributed by atoms with van der Waals surface area (Å²) in [6, 6.07) is 12.9. The van der Waals surface area contributed by atoms with Crippen LogP contribution in [0.2, 0.25) is 5.02 Å². The lowest BCUT2D eigenvalue weighted by molar-refractivity contribution is 0.0734. The van der Waals surface area contributed by atoms with Gasteiger partial charge in [-0.3, -0.25) is 4.79 Å². The molecule has 0 radical (unpaired) electrons. The Labute approximate surface area is 178 Å². The maximum Gasteiger partial charge on any atom is 0.254 e. The summed E-state index contributed by atoms with van der Waals surface area (Å²) in [5.74, 6) is 0.653. The summed E-state index contributed by atoms with van der Waals surface area (Å²) >= 11 is 6.00. The summed E-state index contributed by atoms with van der Waals surface area (Å²) in [5.41, 5.74) is 6.64. The van der Waals surface area contributed by atoms with Crippen LogP contribution in [0, 0.1) is 13.8 Å². The summed E-state index contributed by atoms with van der Waals surface area (Å²) < 4.78 is 5.61. The van der Waals surface area contributed by atoms with Crippen molar-refractivity contribution in [2.45, 2.75) is 26.8 Å². The van der Waals surface area contributed by atoms with Crippen LogP contribution in [0.1, 0.15) is 33.0 Å². The molecule has 6 nitrogen and oxygen atoms in total. The monoisotopic (exact) mass is 418 g/mol. The van der Waals surface area contributed by atoms with Gasteiger partial charge in [0.1, 0.15) is 0 Å². The van der Waals surface area contributed by atoms with Crippen LogP contribution in [0.4, 0.5) is 0 Å². The van der Waals surface area contributed by atoms with E-state index in [1.54, 1.807) is 0 Å². The minimum Gasteiger partial charge on any atom is -0.356 e. The minimum atomic E-state index is -0.0363. The molecule has 1 aliphatic heterocycles. The van der Waals surface area contributed by atoms with E-state index < -0.39 is 0 Å². The van der Waals surface area contributed by atoms with E-state index in [1.165, 1.54) is 0 Å². The van der Waals surface area contributed by atoms with E-state index in [-0.39, 0.29) is 5.91 Å². The van der Waals surface area contributed by atoms with Gasteiger partial charge in [-0.05, 0) is 56.3 Å². The highest BCUT2D eigenvalue weighted by molar-refractivity contribution is 6.30. The number of amides is 1. The molecule has 0 bridgehead atoms. The number of hydrogen-bond donors (Lipinski definition) is 0. The fourth-order valence-electron chi connectivity index (χ4n) is 3.76. The number of aromatic nitrogens is 3. The zero-order chi connectivity index (χ0) is 20.8. The number of halogens is 1. The molecule has 2 aromatic carbocycles. The predicted molar refractivity (Wildman–Crippen MR) is 114 cm³/mol. The lowest BCUT2D eigenvalue weighted by Gasteiger charge is -2.26. The number of hydrogen-bond acceptors (Lipinski definition) is 5. The molecule has 0 saturated heterocycles. The van der Waals surface area contributed by atoms with Crippen LogP contribution < -0.4 is 0 Å². The van der Waals surface area contributed by atoms with Gasteiger partial charge >= 0.3 is 0 Å². The minimum absolute atomic E-state index is 0.0363. The van der Waals surface area contributed by atoms with E-state index in [4.69, 9.17) is 16.1 Å². The Morgan fingerprint density at radius 2 is 1.77 bits per heavy atom. The molecule has 4 aromatic rings. The Hall–Kier alpha value is -3.25. The van der Waals surface area contributed by atoms with Crippen molar-refractivity contribution in [2.75, 3.05) is 6.54 Å². The Morgan fingerprint density at radius 1 is 1.03 bits per heavy atom. The van der Waals surface area contributed by atoms with Crippen molar-refractivity contribution in [3.05, 3.63) is 75.7 Å². The van der Waals surface area contributed by atoms with Crippen LogP contribution >= 0.6 is 11.6 Å². The number of nitrogens with zero attached hydrogens (tertiary/aromatic N) is 4.